The Labute approximate surface area is 156 Å². The topological polar surface area (TPSA) is 24.4 Å². The Morgan fingerprint density at radius 1 is 1.28 bits per heavy atom. The van der Waals surface area contributed by atoms with E-state index in [0.29, 0.717) is 0 Å². The minimum Gasteiger partial charge on any atom is -0.350 e. The molecule has 2 rings (SSSR count). The number of hydrogen-bond acceptors (Lipinski definition) is 2. The molecule has 1 N–H and O–H groups in total. The van der Waals surface area contributed by atoms with Crippen molar-refractivity contribution in [2.45, 2.75) is 40.5 Å². The molecule has 25 heavy (non-hydrogen) atoms. The van der Waals surface area contributed by atoms with E-state index < -0.39 is 0 Å². The van der Waals surface area contributed by atoms with Gasteiger partial charge in [-0.05, 0) is 67.3 Å². The lowest BCUT2D eigenvalue weighted by Gasteiger charge is -2.09. The number of thiocarbonyl (C=S) groups is 1. The zero-order chi connectivity index (χ0) is 18.4. The van der Waals surface area contributed by atoms with Crippen molar-refractivity contribution >= 4 is 41.4 Å². The fraction of sp³-hybridized carbons (Fsp3) is 0.273. The molecule has 2 aromatic rings. The molecule has 0 spiro atoms. The van der Waals surface area contributed by atoms with E-state index in [1.807, 2.05) is 32.2 Å². The van der Waals surface area contributed by atoms with Crippen molar-refractivity contribution in [3.63, 3.8) is 0 Å². The van der Waals surface area contributed by atoms with Crippen molar-refractivity contribution in [3.05, 3.63) is 63.5 Å². The van der Waals surface area contributed by atoms with Crippen LogP contribution in [0.25, 0.3) is 12.3 Å². The fourth-order valence-electron chi connectivity index (χ4n) is 2.98. The zero-order valence-corrected chi connectivity index (χ0v) is 16.3. The minimum atomic E-state index is 0.755. The van der Waals surface area contributed by atoms with Crippen LogP contribution < -0.4 is 15.8 Å². The average molecular weight is 351 g/mol. The van der Waals surface area contributed by atoms with E-state index in [4.69, 9.17) is 12.2 Å². The van der Waals surface area contributed by atoms with Gasteiger partial charge in [0.05, 0.1) is 10.7 Å². The van der Waals surface area contributed by atoms with Crippen LogP contribution in [0.15, 0.2) is 41.4 Å². The maximum Gasteiger partial charge on any atom is 0.0765 e. The molecule has 2 aromatic carbocycles. The van der Waals surface area contributed by atoms with Crippen molar-refractivity contribution in [1.29, 1.82) is 0 Å². The summed E-state index contributed by atoms with van der Waals surface area (Å²) in [6.07, 6.45) is 3.62. The van der Waals surface area contributed by atoms with Crippen molar-refractivity contribution in [3.8, 4) is 0 Å². The summed E-state index contributed by atoms with van der Waals surface area (Å²) in [6.45, 7) is 12.4. The molecule has 0 aliphatic rings. The largest absolute Gasteiger partial charge is 0.350 e. The van der Waals surface area contributed by atoms with Gasteiger partial charge in [0.25, 0.3) is 0 Å². The number of hydrogen-bond donors (Lipinski definition) is 1. The lowest BCUT2D eigenvalue weighted by Crippen LogP contribution is -2.27. The molecule has 130 valence electrons. The first-order valence-electron chi connectivity index (χ1n) is 8.61. The van der Waals surface area contributed by atoms with E-state index in [0.717, 1.165) is 39.7 Å². The van der Waals surface area contributed by atoms with E-state index in [-0.39, 0.29) is 0 Å². The number of nitrogens with zero attached hydrogens (tertiary/aromatic N) is 1. The molecule has 0 bridgehead atoms. The monoisotopic (exact) mass is 350 g/mol. The van der Waals surface area contributed by atoms with Crippen LogP contribution in [0.4, 0.5) is 5.69 Å². The summed E-state index contributed by atoms with van der Waals surface area (Å²) in [5, 5.41) is 5.36. The van der Waals surface area contributed by atoms with Crippen LogP contribution in [0, 0.1) is 6.92 Å². The molecule has 0 aromatic heterocycles. The molecule has 0 atom stereocenters. The molecular formula is C22H26N2S. The maximum atomic E-state index is 5.14. The third kappa shape index (κ3) is 5.10. The van der Waals surface area contributed by atoms with E-state index in [9.17, 15) is 0 Å². The smallest absolute Gasteiger partial charge is 0.0765 e. The number of aryl methyl sites for hydroxylation is 2. The van der Waals surface area contributed by atoms with E-state index in [1.54, 1.807) is 0 Å². The van der Waals surface area contributed by atoms with E-state index in [2.05, 4.69) is 55.0 Å². The molecule has 0 aliphatic carbocycles. The van der Waals surface area contributed by atoms with Gasteiger partial charge in [-0.1, -0.05) is 43.9 Å². The van der Waals surface area contributed by atoms with Crippen LogP contribution in [0.5, 0.6) is 0 Å². The van der Waals surface area contributed by atoms with Crippen LogP contribution >= 0.6 is 12.2 Å². The quantitative estimate of drug-likeness (QED) is 0.646. The summed E-state index contributed by atoms with van der Waals surface area (Å²) in [4.78, 5) is 5.41. The second-order valence-corrected chi connectivity index (χ2v) is 6.79. The number of benzene rings is 2. The van der Waals surface area contributed by atoms with Gasteiger partial charge in [0.15, 0.2) is 0 Å². The predicted octanol–water partition coefficient (Wildman–Crippen LogP) is 4.17. The van der Waals surface area contributed by atoms with Crippen LogP contribution in [0.3, 0.4) is 0 Å². The standard InChI is InChI=1S/C22H26N2S/c1-6-19-14-21(16(4)11-15(19)3)22(23-7-2)13-18-9-8-10-20(12-18)24-17(5)25/h7-12,14H,4,6,13H2,1-3,5H3,(H,24,25)/b22-21-,23-7?. The molecule has 0 saturated heterocycles. The normalized spacial score (nSPS) is 12.3. The Hall–Kier alpha value is -2.26. The minimum absolute atomic E-state index is 0.755. The number of aliphatic imine (C=N–C) groups is 1. The highest BCUT2D eigenvalue weighted by Gasteiger charge is 2.04. The van der Waals surface area contributed by atoms with Gasteiger partial charge in [0.2, 0.25) is 0 Å². The zero-order valence-electron chi connectivity index (χ0n) is 15.5. The Kier molecular flexibility index (Phi) is 6.65. The summed E-state index contributed by atoms with van der Waals surface area (Å²) < 4.78 is 0. The molecule has 2 nitrogen and oxygen atoms in total. The van der Waals surface area contributed by atoms with Gasteiger partial charge in [-0.2, -0.15) is 0 Å². The number of rotatable bonds is 5. The molecule has 3 heteroatoms. The SMILES string of the molecule is C=c1cc(C)c(CC)c/c1=C(\Cc1cccc(NC(C)=S)c1)N=CC. The van der Waals surface area contributed by atoms with Gasteiger partial charge in [0.1, 0.15) is 0 Å². The van der Waals surface area contributed by atoms with E-state index in [1.165, 1.54) is 16.7 Å². The summed E-state index contributed by atoms with van der Waals surface area (Å²) in [5.74, 6) is 0. The molecular weight excluding hydrogens is 324 g/mol. The maximum absolute atomic E-state index is 5.14. The van der Waals surface area contributed by atoms with Crippen LogP contribution in [0.1, 0.15) is 37.5 Å². The van der Waals surface area contributed by atoms with Gasteiger partial charge in [-0.15, -0.1) is 0 Å². The van der Waals surface area contributed by atoms with Crippen molar-refractivity contribution in [2.75, 3.05) is 5.32 Å². The van der Waals surface area contributed by atoms with Gasteiger partial charge >= 0.3 is 0 Å². The van der Waals surface area contributed by atoms with Crippen molar-refractivity contribution in [1.82, 2.24) is 0 Å². The molecule has 0 unspecified atom stereocenters. The van der Waals surface area contributed by atoms with Gasteiger partial charge < -0.3 is 5.32 Å². The Morgan fingerprint density at radius 2 is 2.04 bits per heavy atom. The summed E-state index contributed by atoms with van der Waals surface area (Å²) >= 11 is 5.14. The first-order chi connectivity index (χ1) is 11.9. The molecule has 0 fully saturated rings. The third-order valence-electron chi connectivity index (χ3n) is 4.16. The average Bonchev–Trinajstić information content (AvgIpc) is 2.54. The molecule has 0 aliphatic heterocycles. The van der Waals surface area contributed by atoms with Crippen molar-refractivity contribution in [2.24, 2.45) is 4.99 Å². The first kappa shape index (κ1) is 19.1. The lowest BCUT2D eigenvalue weighted by molar-refractivity contribution is 1.09. The van der Waals surface area contributed by atoms with E-state index >= 15 is 0 Å². The highest BCUT2D eigenvalue weighted by molar-refractivity contribution is 7.80. The second-order valence-electron chi connectivity index (χ2n) is 6.18. The first-order valence-corrected chi connectivity index (χ1v) is 9.02. The van der Waals surface area contributed by atoms with Crippen LogP contribution in [0.2, 0.25) is 0 Å². The summed E-state index contributed by atoms with van der Waals surface area (Å²) in [7, 11) is 0. The predicted molar refractivity (Wildman–Crippen MR) is 115 cm³/mol. The molecule has 0 heterocycles. The van der Waals surface area contributed by atoms with Gasteiger partial charge in [-0.3, -0.25) is 4.99 Å². The lowest BCUT2D eigenvalue weighted by atomic mass is 10.0. The highest BCUT2D eigenvalue weighted by atomic mass is 32.1. The highest BCUT2D eigenvalue weighted by Crippen LogP contribution is 2.15. The fourth-order valence-corrected chi connectivity index (χ4v) is 3.10. The third-order valence-corrected chi connectivity index (χ3v) is 4.26. The summed E-state index contributed by atoms with van der Waals surface area (Å²) in [5.41, 5.74) is 5.88. The van der Waals surface area contributed by atoms with Crippen molar-refractivity contribution < 1.29 is 0 Å². The Balaban J connectivity index is 2.53. The molecule has 0 radical (unpaired) electrons. The van der Waals surface area contributed by atoms with Crippen LogP contribution in [-0.2, 0) is 12.8 Å². The number of anilines is 1. The Bertz CT molecular complexity index is 910. The number of nitrogens with one attached hydrogen (secondary N) is 1. The molecule has 0 saturated carbocycles. The van der Waals surface area contributed by atoms with Gasteiger partial charge in [-0.25, -0.2) is 0 Å². The molecule has 0 amide bonds. The van der Waals surface area contributed by atoms with Crippen LogP contribution in [-0.4, -0.2) is 11.2 Å². The summed E-state index contributed by atoms with van der Waals surface area (Å²) in [6, 6.07) is 12.7. The van der Waals surface area contributed by atoms with Gasteiger partial charge in [0, 0.05) is 23.5 Å². The second kappa shape index (κ2) is 8.72. The Morgan fingerprint density at radius 3 is 2.68 bits per heavy atom.